The van der Waals surface area contributed by atoms with Crippen molar-refractivity contribution in [3.63, 3.8) is 0 Å². The Labute approximate surface area is 150 Å². The molecule has 0 spiro atoms. The number of nitrogens with two attached hydrogens (primary N) is 1. The van der Waals surface area contributed by atoms with Gasteiger partial charge in [-0.15, -0.1) is 0 Å². The van der Waals surface area contributed by atoms with Crippen molar-refractivity contribution in [2.75, 3.05) is 0 Å². The molecule has 7 heteroatoms. The number of carbonyl (C=O) groups is 1. The summed E-state index contributed by atoms with van der Waals surface area (Å²) in [5.74, 6) is -0.0435. The second kappa shape index (κ2) is 7.19. The van der Waals surface area contributed by atoms with E-state index < -0.39 is 0 Å². The molecule has 2 aromatic rings. The molecule has 24 heavy (non-hydrogen) atoms. The fourth-order valence-electron chi connectivity index (χ4n) is 2.07. The second-order valence-corrected chi connectivity index (χ2v) is 6.94. The normalized spacial score (nSPS) is 15.7. The molecule has 2 aromatic carbocycles. The lowest BCUT2D eigenvalue weighted by atomic mass is 10.2. The van der Waals surface area contributed by atoms with Crippen LogP contribution in [0.1, 0.15) is 11.1 Å². The Morgan fingerprint density at radius 3 is 2.67 bits per heavy atom. The van der Waals surface area contributed by atoms with Crippen molar-refractivity contribution in [2.24, 2.45) is 10.7 Å². The van der Waals surface area contributed by atoms with Gasteiger partial charge in [-0.2, -0.15) is 4.99 Å². The summed E-state index contributed by atoms with van der Waals surface area (Å²) in [5.41, 5.74) is 7.14. The van der Waals surface area contributed by atoms with E-state index in [1.165, 1.54) is 12.1 Å². The number of hydrogen-bond donors (Lipinski definition) is 1. The summed E-state index contributed by atoms with van der Waals surface area (Å²) in [6.45, 7) is 0.289. The summed E-state index contributed by atoms with van der Waals surface area (Å²) in [7, 11) is 0. The molecule has 4 nitrogen and oxygen atoms in total. The molecular weight excluding hydrogens is 395 g/mol. The van der Waals surface area contributed by atoms with Crippen LogP contribution in [0.25, 0.3) is 6.08 Å². The molecule has 1 aliphatic heterocycles. The SMILES string of the molecule is NC1=NC(=O)/C(=C\c2cc(Br)ccc2OCc2ccc(F)cc2)S1. The smallest absolute Gasteiger partial charge is 0.286 e. The van der Waals surface area contributed by atoms with E-state index in [0.29, 0.717) is 10.7 Å². The summed E-state index contributed by atoms with van der Waals surface area (Å²) in [6.07, 6.45) is 1.70. The number of ether oxygens (including phenoxy) is 1. The van der Waals surface area contributed by atoms with Crippen LogP contribution < -0.4 is 10.5 Å². The number of halogens is 2. The van der Waals surface area contributed by atoms with E-state index in [4.69, 9.17) is 10.5 Å². The summed E-state index contributed by atoms with van der Waals surface area (Å²) in [5, 5.41) is 0.232. The van der Waals surface area contributed by atoms with Crippen LogP contribution in [0.2, 0.25) is 0 Å². The maximum atomic E-state index is 12.9. The third-order valence-electron chi connectivity index (χ3n) is 3.20. The molecule has 0 unspecified atom stereocenters. The van der Waals surface area contributed by atoms with Crippen LogP contribution in [-0.2, 0) is 11.4 Å². The zero-order valence-corrected chi connectivity index (χ0v) is 14.7. The molecule has 0 saturated carbocycles. The van der Waals surface area contributed by atoms with Gasteiger partial charge in [-0.25, -0.2) is 4.39 Å². The number of benzene rings is 2. The molecule has 0 radical (unpaired) electrons. The number of thioether (sulfide) groups is 1. The molecule has 1 heterocycles. The number of rotatable bonds is 4. The largest absolute Gasteiger partial charge is 0.488 e. The van der Waals surface area contributed by atoms with Gasteiger partial charge >= 0.3 is 0 Å². The first-order valence-corrected chi connectivity index (χ1v) is 8.57. The highest BCUT2D eigenvalue weighted by Crippen LogP contribution is 2.31. The molecule has 0 bridgehead atoms. The monoisotopic (exact) mass is 406 g/mol. The van der Waals surface area contributed by atoms with Crippen LogP contribution in [0.4, 0.5) is 4.39 Å². The van der Waals surface area contributed by atoms with Crippen molar-refractivity contribution < 1.29 is 13.9 Å². The Kier molecular flexibility index (Phi) is 5.01. The lowest BCUT2D eigenvalue weighted by Gasteiger charge is -2.10. The lowest BCUT2D eigenvalue weighted by Crippen LogP contribution is -2.01. The molecule has 122 valence electrons. The molecule has 0 saturated heterocycles. The minimum Gasteiger partial charge on any atom is -0.488 e. The van der Waals surface area contributed by atoms with Gasteiger partial charge in [-0.05, 0) is 53.7 Å². The van der Waals surface area contributed by atoms with E-state index in [-0.39, 0.29) is 23.5 Å². The number of aliphatic imine (C=N–C) groups is 1. The van der Waals surface area contributed by atoms with Gasteiger partial charge in [0, 0.05) is 10.0 Å². The molecule has 1 aliphatic rings. The predicted molar refractivity (Wildman–Crippen MR) is 97.1 cm³/mol. The average Bonchev–Trinajstić information content (AvgIpc) is 2.86. The first-order chi connectivity index (χ1) is 11.5. The van der Waals surface area contributed by atoms with Gasteiger partial charge in [0.25, 0.3) is 5.91 Å². The van der Waals surface area contributed by atoms with Gasteiger partial charge in [0.2, 0.25) is 0 Å². The molecule has 0 fully saturated rings. The van der Waals surface area contributed by atoms with Crippen LogP contribution >= 0.6 is 27.7 Å². The first kappa shape index (κ1) is 16.7. The lowest BCUT2D eigenvalue weighted by molar-refractivity contribution is -0.113. The van der Waals surface area contributed by atoms with Crippen LogP contribution in [0.3, 0.4) is 0 Å². The average molecular weight is 407 g/mol. The molecule has 0 aliphatic carbocycles. The first-order valence-electron chi connectivity index (χ1n) is 6.96. The minimum absolute atomic E-state index is 0.232. The molecule has 0 atom stereocenters. The minimum atomic E-state index is -0.359. The third kappa shape index (κ3) is 4.04. The van der Waals surface area contributed by atoms with E-state index in [1.54, 1.807) is 24.3 Å². The van der Waals surface area contributed by atoms with Crippen molar-refractivity contribution in [2.45, 2.75) is 6.61 Å². The van der Waals surface area contributed by atoms with Crippen LogP contribution in [-0.4, -0.2) is 11.1 Å². The second-order valence-electron chi connectivity index (χ2n) is 4.96. The molecule has 1 amide bonds. The number of nitrogens with zero attached hydrogens (tertiary/aromatic N) is 1. The number of hydrogen-bond acceptors (Lipinski definition) is 4. The Morgan fingerprint density at radius 1 is 1.25 bits per heavy atom. The zero-order chi connectivity index (χ0) is 17.1. The summed E-state index contributed by atoms with van der Waals surface area (Å²) < 4.78 is 19.6. The molecule has 2 N–H and O–H groups in total. The van der Waals surface area contributed by atoms with Crippen molar-refractivity contribution in [1.29, 1.82) is 0 Å². The Bertz CT molecular complexity index is 850. The van der Waals surface area contributed by atoms with E-state index in [1.807, 2.05) is 12.1 Å². The van der Waals surface area contributed by atoms with Gasteiger partial charge in [0.1, 0.15) is 18.2 Å². The van der Waals surface area contributed by atoms with Crippen molar-refractivity contribution in [3.05, 3.63) is 68.8 Å². The maximum Gasteiger partial charge on any atom is 0.286 e. The Morgan fingerprint density at radius 2 is 2.00 bits per heavy atom. The number of amidine groups is 1. The van der Waals surface area contributed by atoms with Crippen molar-refractivity contribution >= 4 is 44.8 Å². The van der Waals surface area contributed by atoms with E-state index in [0.717, 1.165) is 27.4 Å². The number of amides is 1. The molecular formula is C17H12BrFN2O2S. The number of carbonyl (C=O) groups excluding carboxylic acids is 1. The van der Waals surface area contributed by atoms with Crippen molar-refractivity contribution in [3.8, 4) is 5.75 Å². The zero-order valence-electron chi connectivity index (χ0n) is 12.3. The molecule has 0 aromatic heterocycles. The fraction of sp³-hybridized carbons (Fsp3) is 0.0588. The van der Waals surface area contributed by atoms with Crippen LogP contribution in [0, 0.1) is 5.82 Å². The van der Waals surface area contributed by atoms with Gasteiger partial charge in [-0.1, -0.05) is 28.1 Å². The maximum absolute atomic E-state index is 12.9. The van der Waals surface area contributed by atoms with E-state index in [2.05, 4.69) is 20.9 Å². The summed E-state index contributed by atoms with van der Waals surface area (Å²) in [4.78, 5) is 15.9. The van der Waals surface area contributed by atoms with Crippen molar-refractivity contribution in [1.82, 2.24) is 0 Å². The van der Waals surface area contributed by atoms with Gasteiger partial charge in [-0.3, -0.25) is 4.79 Å². The van der Waals surface area contributed by atoms with Gasteiger partial charge in [0.15, 0.2) is 5.17 Å². The topological polar surface area (TPSA) is 64.7 Å². The highest BCUT2D eigenvalue weighted by molar-refractivity contribution is 9.10. The quantitative estimate of drug-likeness (QED) is 0.776. The van der Waals surface area contributed by atoms with E-state index >= 15 is 0 Å². The Balaban J connectivity index is 1.82. The van der Waals surface area contributed by atoms with Gasteiger partial charge < -0.3 is 10.5 Å². The van der Waals surface area contributed by atoms with Crippen LogP contribution in [0.15, 0.2) is 56.8 Å². The summed E-state index contributed by atoms with van der Waals surface area (Å²) in [6, 6.07) is 11.6. The molecule has 3 rings (SSSR count). The van der Waals surface area contributed by atoms with Crippen LogP contribution in [0.5, 0.6) is 5.75 Å². The standard InChI is InChI=1S/C17H12BrFN2O2S/c18-12-3-6-14(23-9-10-1-4-13(19)5-2-10)11(7-12)8-15-16(22)21-17(20)24-15/h1-8H,9H2,(H2,20,21,22)/b15-8+. The highest BCUT2D eigenvalue weighted by Gasteiger charge is 2.20. The fourth-order valence-corrected chi connectivity index (χ4v) is 3.12. The Hall–Kier alpha value is -2.12. The highest BCUT2D eigenvalue weighted by atomic mass is 79.9. The summed E-state index contributed by atoms with van der Waals surface area (Å²) >= 11 is 4.53. The van der Waals surface area contributed by atoms with E-state index in [9.17, 15) is 9.18 Å². The van der Waals surface area contributed by atoms with Gasteiger partial charge in [0.05, 0.1) is 4.91 Å². The third-order valence-corrected chi connectivity index (χ3v) is 4.51. The predicted octanol–water partition coefficient (Wildman–Crippen LogP) is 4.10.